The van der Waals surface area contributed by atoms with Crippen molar-refractivity contribution in [2.24, 2.45) is 0 Å². The van der Waals surface area contributed by atoms with Gasteiger partial charge in [0.05, 0.1) is 17.9 Å². The van der Waals surface area contributed by atoms with Gasteiger partial charge in [0.2, 0.25) is 0 Å². The van der Waals surface area contributed by atoms with Crippen LogP contribution in [0, 0.1) is 6.92 Å². The number of benzene rings is 3. The largest absolute Gasteiger partial charge is 0.462 e. The number of rotatable bonds is 9. The van der Waals surface area contributed by atoms with E-state index in [1.54, 1.807) is 61.5 Å². The molecule has 0 atom stereocenters. The van der Waals surface area contributed by atoms with E-state index in [0.29, 0.717) is 34.1 Å². The van der Waals surface area contributed by atoms with Crippen molar-refractivity contribution in [1.82, 2.24) is 0 Å². The Kier molecular flexibility index (Phi) is 8.69. The molecule has 0 spiro atoms. The quantitative estimate of drug-likeness (QED) is 0.179. The van der Waals surface area contributed by atoms with E-state index in [4.69, 9.17) is 27.9 Å². The lowest BCUT2D eigenvalue weighted by Gasteiger charge is -2.16. The Morgan fingerprint density at radius 2 is 1.69 bits per heavy atom. The maximum Gasteiger partial charge on any atom is 0.338 e. The first-order valence-corrected chi connectivity index (χ1v) is 13.0. The molecule has 39 heavy (non-hydrogen) atoms. The minimum atomic E-state index is -0.689. The van der Waals surface area contributed by atoms with Gasteiger partial charge in [-0.1, -0.05) is 54.7 Å². The maximum atomic E-state index is 13.1. The minimum absolute atomic E-state index is 0.114. The Hall–Kier alpha value is -4.14. The number of halogens is 2. The summed E-state index contributed by atoms with van der Waals surface area (Å²) in [5, 5.41) is 5.77. The smallest absolute Gasteiger partial charge is 0.338 e. The molecule has 1 aliphatic rings. The molecule has 0 unspecified atom stereocenters. The highest BCUT2D eigenvalue weighted by molar-refractivity contribution is 6.53. The number of aryl methyl sites for hydroxylation is 1. The van der Waals surface area contributed by atoms with Crippen LogP contribution in [0.3, 0.4) is 0 Å². The van der Waals surface area contributed by atoms with E-state index >= 15 is 0 Å². The van der Waals surface area contributed by atoms with Crippen LogP contribution in [-0.2, 0) is 14.3 Å². The molecule has 0 aliphatic carbocycles. The molecule has 0 aromatic heterocycles. The second kappa shape index (κ2) is 12.1. The molecule has 0 saturated heterocycles. The van der Waals surface area contributed by atoms with E-state index in [9.17, 15) is 19.2 Å². The van der Waals surface area contributed by atoms with Crippen molar-refractivity contribution >= 4 is 64.0 Å². The zero-order valence-electron chi connectivity index (χ0n) is 21.2. The summed E-state index contributed by atoms with van der Waals surface area (Å²) >= 11 is 12.3. The fourth-order valence-electron chi connectivity index (χ4n) is 3.81. The summed E-state index contributed by atoms with van der Waals surface area (Å²) < 4.78 is 5.24. The van der Waals surface area contributed by atoms with Gasteiger partial charge in [-0.15, -0.1) is 0 Å². The van der Waals surface area contributed by atoms with Gasteiger partial charge >= 0.3 is 5.97 Å². The summed E-state index contributed by atoms with van der Waals surface area (Å²) in [4.78, 5) is 52.1. The Bertz CT molecular complexity index is 1500. The van der Waals surface area contributed by atoms with Crippen molar-refractivity contribution in [3.05, 3.63) is 99.2 Å². The summed E-state index contributed by atoms with van der Waals surface area (Å²) in [6, 6.07) is 17.6. The van der Waals surface area contributed by atoms with Crippen LogP contribution in [0.5, 0.6) is 0 Å². The summed E-state index contributed by atoms with van der Waals surface area (Å²) in [5.41, 5.74) is 2.31. The second-order valence-electron chi connectivity index (χ2n) is 8.79. The lowest BCUT2D eigenvalue weighted by molar-refractivity contribution is -0.120. The van der Waals surface area contributed by atoms with Crippen LogP contribution in [0.15, 0.2) is 77.5 Å². The summed E-state index contributed by atoms with van der Waals surface area (Å²) in [6.07, 6.45) is 1.68. The molecule has 3 amide bonds. The molecule has 8 nitrogen and oxygen atoms in total. The lowest BCUT2D eigenvalue weighted by Crippen LogP contribution is -2.32. The molecule has 10 heteroatoms. The Morgan fingerprint density at radius 3 is 2.44 bits per heavy atom. The van der Waals surface area contributed by atoms with Crippen molar-refractivity contribution < 1.29 is 23.9 Å². The molecule has 1 heterocycles. The van der Waals surface area contributed by atoms with Crippen molar-refractivity contribution in [2.75, 3.05) is 22.1 Å². The van der Waals surface area contributed by atoms with E-state index < -0.39 is 23.7 Å². The first-order valence-electron chi connectivity index (χ1n) is 12.2. The first kappa shape index (κ1) is 27.9. The highest BCUT2D eigenvalue weighted by Crippen LogP contribution is 2.32. The van der Waals surface area contributed by atoms with Crippen molar-refractivity contribution in [3.63, 3.8) is 0 Å². The number of hydrogen-bond acceptors (Lipinski definition) is 6. The fraction of sp³-hybridized carbons (Fsp3) is 0.172. The third-order valence-corrected chi connectivity index (χ3v) is 6.53. The van der Waals surface area contributed by atoms with Gasteiger partial charge in [0.25, 0.3) is 17.7 Å². The predicted octanol–water partition coefficient (Wildman–Crippen LogP) is 6.29. The molecule has 4 rings (SSSR count). The SMILES string of the molecule is CCCCOC(=O)c1cccc(NC(=O)c2ccc(C)c(NC3=C(Cl)C(=O)N(c4cccc(Cl)c4)C3=O)c2)c1. The van der Waals surface area contributed by atoms with Gasteiger partial charge in [0.1, 0.15) is 10.7 Å². The van der Waals surface area contributed by atoms with Crippen LogP contribution in [0.2, 0.25) is 5.02 Å². The topological polar surface area (TPSA) is 105 Å². The van der Waals surface area contributed by atoms with E-state index in [-0.39, 0.29) is 22.0 Å². The molecule has 3 aromatic rings. The Balaban J connectivity index is 1.51. The van der Waals surface area contributed by atoms with E-state index in [1.807, 2.05) is 6.92 Å². The van der Waals surface area contributed by atoms with Gasteiger partial charge in [-0.2, -0.15) is 0 Å². The monoisotopic (exact) mass is 565 g/mol. The van der Waals surface area contributed by atoms with Crippen molar-refractivity contribution in [2.45, 2.75) is 26.7 Å². The molecule has 0 fully saturated rings. The number of carbonyl (C=O) groups excluding carboxylic acids is 4. The predicted molar refractivity (Wildman–Crippen MR) is 151 cm³/mol. The third kappa shape index (κ3) is 6.30. The number of imide groups is 1. The zero-order valence-corrected chi connectivity index (χ0v) is 22.7. The normalized spacial score (nSPS) is 13.1. The van der Waals surface area contributed by atoms with Crippen LogP contribution in [0.25, 0.3) is 0 Å². The Labute approximate surface area is 235 Å². The van der Waals surface area contributed by atoms with Crippen molar-refractivity contribution in [3.8, 4) is 0 Å². The molecular weight excluding hydrogens is 541 g/mol. The number of unbranched alkanes of at least 4 members (excludes halogenated alkanes) is 1. The lowest BCUT2D eigenvalue weighted by atomic mass is 10.1. The van der Waals surface area contributed by atoms with E-state index in [2.05, 4.69) is 10.6 Å². The third-order valence-electron chi connectivity index (χ3n) is 5.94. The number of carbonyl (C=O) groups is 4. The zero-order chi connectivity index (χ0) is 28.1. The van der Waals surface area contributed by atoms with Crippen LogP contribution >= 0.6 is 23.2 Å². The van der Waals surface area contributed by atoms with Crippen LogP contribution < -0.4 is 15.5 Å². The molecule has 200 valence electrons. The van der Waals surface area contributed by atoms with Gasteiger partial charge in [0.15, 0.2) is 0 Å². The molecule has 2 N–H and O–H groups in total. The number of anilines is 3. The maximum absolute atomic E-state index is 13.1. The fourth-order valence-corrected chi connectivity index (χ4v) is 4.21. The summed E-state index contributed by atoms with van der Waals surface area (Å²) in [5.74, 6) is -2.24. The molecule has 0 radical (unpaired) electrons. The number of nitrogens with zero attached hydrogens (tertiary/aromatic N) is 1. The van der Waals surface area contributed by atoms with Gasteiger partial charge < -0.3 is 15.4 Å². The van der Waals surface area contributed by atoms with Crippen molar-refractivity contribution in [1.29, 1.82) is 0 Å². The van der Waals surface area contributed by atoms with Gasteiger partial charge in [-0.05, 0) is 67.4 Å². The van der Waals surface area contributed by atoms with Crippen LogP contribution in [-0.4, -0.2) is 30.3 Å². The highest BCUT2D eigenvalue weighted by Gasteiger charge is 2.39. The standard InChI is InChI=1S/C29H25Cl2N3O5/c1-3-4-13-39-29(38)19-7-5-9-21(14-19)32-26(35)18-12-11-17(2)23(15-18)33-25-24(31)27(36)34(28(25)37)22-10-6-8-20(30)16-22/h5-12,14-16,33H,3-4,13H2,1-2H3,(H,32,35). The molecule has 0 bridgehead atoms. The molecule has 1 aliphatic heterocycles. The first-order chi connectivity index (χ1) is 18.7. The highest BCUT2D eigenvalue weighted by atomic mass is 35.5. The summed E-state index contributed by atoms with van der Waals surface area (Å²) in [6.45, 7) is 4.11. The van der Waals surface area contributed by atoms with Crippen LogP contribution in [0.4, 0.5) is 17.1 Å². The average molecular weight is 566 g/mol. The minimum Gasteiger partial charge on any atom is -0.462 e. The average Bonchev–Trinajstić information content (AvgIpc) is 3.12. The number of amides is 3. The van der Waals surface area contributed by atoms with Crippen LogP contribution in [0.1, 0.15) is 46.0 Å². The van der Waals surface area contributed by atoms with Gasteiger partial charge in [-0.3, -0.25) is 14.4 Å². The van der Waals surface area contributed by atoms with E-state index in [1.165, 1.54) is 12.1 Å². The van der Waals surface area contributed by atoms with E-state index in [0.717, 1.165) is 17.7 Å². The summed E-state index contributed by atoms with van der Waals surface area (Å²) in [7, 11) is 0. The number of nitrogens with one attached hydrogen (secondary N) is 2. The second-order valence-corrected chi connectivity index (χ2v) is 9.61. The molecule has 3 aromatic carbocycles. The number of hydrogen-bond donors (Lipinski definition) is 2. The number of ether oxygens (including phenoxy) is 1. The van der Waals surface area contributed by atoms with Gasteiger partial charge in [0, 0.05) is 22.0 Å². The molecular formula is C29H25Cl2N3O5. The molecule has 0 saturated carbocycles. The number of esters is 1. The Morgan fingerprint density at radius 1 is 0.923 bits per heavy atom. The van der Waals surface area contributed by atoms with Gasteiger partial charge in [-0.25, -0.2) is 9.69 Å².